The van der Waals surface area contributed by atoms with E-state index >= 15 is 0 Å². The Labute approximate surface area is 166 Å². The molecule has 0 unspecified atom stereocenters. The second-order valence-corrected chi connectivity index (χ2v) is 7.19. The molecule has 2 amide bonds. The number of hydrogen-bond acceptors (Lipinski definition) is 2. The molecule has 0 aromatic heterocycles. The maximum atomic E-state index is 12.9. The molecular formula is C21H23F3N3O2+. The first-order valence-corrected chi connectivity index (χ1v) is 9.44. The van der Waals surface area contributed by atoms with E-state index in [-0.39, 0.29) is 30.4 Å². The zero-order chi connectivity index (χ0) is 21.0. The van der Waals surface area contributed by atoms with Crippen LogP contribution in [-0.4, -0.2) is 24.4 Å². The summed E-state index contributed by atoms with van der Waals surface area (Å²) in [5.41, 5.74) is 0.571. The van der Waals surface area contributed by atoms with E-state index in [1.54, 1.807) is 42.6 Å². The number of nitrogens with two attached hydrogens (primary N) is 1. The number of quaternary nitrogens is 1. The highest BCUT2D eigenvalue weighted by molar-refractivity contribution is 6.04. The number of amides is 2. The van der Waals surface area contributed by atoms with E-state index in [0.717, 1.165) is 25.0 Å². The van der Waals surface area contributed by atoms with Crippen molar-refractivity contribution >= 4 is 17.5 Å². The van der Waals surface area contributed by atoms with Crippen molar-refractivity contribution in [2.45, 2.75) is 38.0 Å². The standard InChI is InChI=1S/C21H22F3N3O2/c1-13(14-5-4-6-15(11-14)21(22,23)24)25-12-19(28)27-18-8-3-2-7-17(18)20(29)26-16-9-10-16/h2-8,11,13,16,25H,9-10,12H2,1H3,(H,26,29)(H,27,28)/p+1/t13-/m1/s1. The monoisotopic (exact) mass is 406 g/mol. The number of hydrogen-bond donors (Lipinski definition) is 3. The molecule has 5 nitrogen and oxygen atoms in total. The molecule has 1 aliphatic rings. The van der Waals surface area contributed by atoms with Gasteiger partial charge >= 0.3 is 6.18 Å². The van der Waals surface area contributed by atoms with Crippen LogP contribution in [0.2, 0.25) is 0 Å². The van der Waals surface area contributed by atoms with Crippen LogP contribution in [0.4, 0.5) is 18.9 Å². The largest absolute Gasteiger partial charge is 0.416 e. The lowest BCUT2D eigenvalue weighted by molar-refractivity contribution is -0.682. The van der Waals surface area contributed by atoms with Crippen LogP contribution in [0.25, 0.3) is 0 Å². The van der Waals surface area contributed by atoms with Crippen LogP contribution in [0, 0.1) is 0 Å². The number of anilines is 1. The van der Waals surface area contributed by atoms with Gasteiger partial charge in [-0.15, -0.1) is 0 Å². The third-order valence-electron chi connectivity index (χ3n) is 4.75. The molecule has 2 aromatic carbocycles. The summed E-state index contributed by atoms with van der Waals surface area (Å²) >= 11 is 0. The lowest BCUT2D eigenvalue weighted by atomic mass is 10.0. The maximum absolute atomic E-state index is 12.9. The van der Waals surface area contributed by atoms with Crippen LogP contribution in [0.5, 0.6) is 0 Å². The molecular weight excluding hydrogens is 383 g/mol. The van der Waals surface area contributed by atoms with Gasteiger partial charge in [-0.05, 0) is 44.0 Å². The van der Waals surface area contributed by atoms with Gasteiger partial charge in [0.25, 0.3) is 11.8 Å². The number of rotatable bonds is 7. The summed E-state index contributed by atoms with van der Waals surface area (Å²) in [5, 5.41) is 7.25. The summed E-state index contributed by atoms with van der Waals surface area (Å²) in [6.07, 6.45) is -2.48. The molecule has 154 valence electrons. The van der Waals surface area contributed by atoms with Gasteiger partial charge in [0.05, 0.1) is 16.8 Å². The van der Waals surface area contributed by atoms with E-state index in [4.69, 9.17) is 0 Å². The predicted molar refractivity (Wildman–Crippen MR) is 102 cm³/mol. The molecule has 0 bridgehead atoms. The minimum atomic E-state index is -4.40. The van der Waals surface area contributed by atoms with Crippen LogP contribution in [0.1, 0.15) is 47.3 Å². The molecule has 1 saturated carbocycles. The van der Waals surface area contributed by atoms with Gasteiger partial charge in [0, 0.05) is 11.6 Å². The van der Waals surface area contributed by atoms with Crippen molar-refractivity contribution in [1.29, 1.82) is 0 Å². The van der Waals surface area contributed by atoms with Gasteiger partial charge in [0.15, 0.2) is 6.54 Å². The van der Waals surface area contributed by atoms with Gasteiger partial charge in [0.2, 0.25) is 0 Å². The number of carbonyl (C=O) groups excluding carboxylic acids is 2. The SMILES string of the molecule is C[C@@H]([NH2+]CC(=O)Nc1ccccc1C(=O)NC1CC1)c1cccc(C(F)(F)F)c1. The molecule has 1 aliphatic carbocycles. The van der Waals surface area contributed by atoms with E-state index in [1.165, 1.54) is 6.07 Å². The summed E-state index contributed by atoms with van der Waals surface area (Å²) in [6, 6.07) is 11.7. The van der Waals surface area contributed by atoms with Crippen molar-refractivity contribution in [3.63, 3.8) is 0 Å². The molecule has 2 aromatic rings. The van der Waals surface area contributed by atoms with Gasteiger partial charge < -0.3 is 16.0 Å². The van der Waals surface area contributed by atoms with Gasteiger partial charge in [0.1, 0.15) is 6.04 Å². The molecule has 3 rings (SSSR count). The van der Waals surface area contributed by atoms with Gasteiger partial charge in [-0.25, -0.2) is 0 Å². The quantitative estimate of drug-likeness (QED) is 0.662. The minimum absolute atomic E-state index is 0.00991. The van der Waals surface area contributed by atoms with E-state index in [9.17, 15) is 22.8 Å². The number of carbonyl (C=O) groups is 2. The lowest BCUT2D eigenvalue weighted by Gasteiger charge is -2.14. The zero-order valence-corrected chi connectivity index (χ0v) is 15.9. The number of benzene rings is 2. The Morgan fingerprint density at radius 2 is 1.86 bits per heavy atom. The highest BCUT2D eigenvalue weighted by Gasteiger charge is 2.31. The Morgan fingerprint density at radius 3 is 2.55 bits per heavy atom. The summed E-state index contributed by atoms with van der Waals surface area (Å²) < 4.78 is 38.6. The first-order valence-electron chi connectivity index (χ1n) is 9.44. The van der Waals surface area contributed by atoms with Crippen LogP contribution in [0.3, 0.4) is 0 Å². The fourth-order valence-electron chi connectivity index (χ4n) is 2.90. The van der Waals surface area contributed by atoms with E-state index in [0.29, 0.717) is 16.8 Å². The number of para-hydroxylation sites is 1. The molecule has 0 radical (unpaired) electrons. The first kappa shape index (κ1) is 20.9. The van der Waals surface area contributed by atoms with Gasteiger partial charge in [-0.1, -0.05) is 24.3 Å². The van der Waals surface area contributed by atoms with Crippen molar-refractivity contribution in [2.75, 3.05) is 11.9 Å². The molecule has 29 heavy (non-hydrogen) atoms. The number of nitrogens with one attached hydrogen (secondary N) is 2. The summed E-state index contributed by atoms with van der Waals surface area (Å²) in [5.74, 6) is -0.569. The normalized spacial score (nSPS) is 14.9. The fourth-order valence-corrected chi connectivity index (χ4v) is 2.90. The molecule has 0 aliphatic heterocycles. The fraction of sp³-hybridized carbons (Fsp3) is 0.333. The summed E-state index contributed by atoms with van der Waals surface area (Å²) in [4.78, 5) is 24.6. The average molecular weight is 406 g/mol. The molecule has 1 atom stereocenters. The van der Waals surface area contributed by atoms with E-state index in [1.807, 2.05) is 0 Å². The highest BCUT2D eigenvalue weighted by Crippen LogP contribution is 2.30. The van der Waals surface area contributed by atoms with Crippen molar-refractivity contribution < 1.29 is 28.1 Å². The van der Waals surface area contributed by atoms with E-state index in [2.05, 4.69) is 10.6 Å². The van der Waals surface area contributed by atoms with Crippen molar-refractivity contribution in [3.05, 3.63) is 65.2 Å². The molecule has 8 heteroatoms. The van der Waals surface area contributed by atoms with Crippen LogP contribution in [0.15, 0.2) is 48.5 Å². The maximum Gasteiger partial charge on any atom is 0.416 e. The van der Waals surface area contributed by atoms with Gasteiger partial charge in [-0.3, -0.25) is 9.59 Å². The Morgan fingerprint density at radius 1 is 1.14 bits per heavy atom. The van der Waals surface area contributed by atoms with Crippen molar-refractivity contribution in [3.8, 4) is 0 Å². The third-order valence-corrected chi connectivity index (χ3v) is 4.75. The Hall–Kier alpha value is -2.87. The number of alkyl halides is 3. The first-order chi connectivity index (χ1) is 13.7. The third kappa shape index (κ3) is 5.80. The highest BCUT2D eigenvalue weighted by atomic mass is 19.4. The van der Waals surface area contributed by atoms with Crippen LogP contribution < -0.4 is 16.0 Å². The number of halogens is 3. The van der Waals surface area contributed by atoms with Crippen molar-refractivity contribution in [1.82, 2.24) is 5.32 Å². The van der Waals surface area contributed by atoms with Crippen molar-refractivity contribution in [2.24, 2.45) is 0 Å². The Kier molecular flexibility index (Phi) is 6.22. The summed E-state index contributed by atoms with van der Waals surface area (Å²) in [6.45, 7) is 1.75. The lowest BCUT2D eigenvalue weighted by Crippen LogP contribution is -2.86. The van der Waals surface area contributed by atoms with E-state index < -0.39 is 11.7 Å². The minimum Gasteiger partial charge on any atom is -0.349 e. The summed E-state index contributed by atoms with van der Waals surface area (Å²) in [7, 11) is 0. The van der Waals surface area contributed by atoms with Crippen LogP contribution in [-0.2, 0) is 11.0 Å². The molecule has 4 N–H and O–H groups in total. The smallest absolute Gasteiger partial charge is 0.349 e. The Bertz CT molecular complexity index is 895. The van der Waals surface area contributed by atoms with Gasteiger partial charge in [-0.2, -0.15) is 13.2 Å². The van der Waals surface area contributed by atoms with Crippen LogP contribution >= 0.6 is 0 Å². The predicted octanol–water partition coefficient (Wildman–Crippen LogP) is 2.86. The second kappa shape index (κ2) is 8.65. The zero-order valence-electron chi connectivity index (χ0n) is 15.9. The molecule has 0 spiro atoms. The second-order valence-electron chi connectivity index (χ2n) is 7.19. The molecule has 0 saturated heterocycles. The topological polar surface area (TPSA) is 74.8 Å². The Balaban J connectivity index is 1.58. The molecule has 0 heterocycles. The molecule has 1 fully saturated rings. The average Bonchev–Trinajstić information content (AvgIpc) is 3.50.